The van der Waals surface area contributed by atoms with E-state index < -0.39 is 5.97 Å². The van der Waals surface area contributed by atoms with E-state index in [4.69, 9.17) is 21.4 Å². The van der Waals surface area contributed by atoms with Gasteiger partial charge in [0.2, 0.25) is 0 Å². The average Bonchev–Trinajstić information content (AvgIpc) is 3.24. The highest BCUT2D eigenvalue weighted by Gasteiger charge is 2.34. The Morgan fingerprint density at radius 3 is 2.71 bits per heavy atom. The lowest BCUT2D eigenvalue weighted by Crippen LogP contribution is -2.38. The standard InChI is InChI=1S/C14H15ClINO4/c1-21-12-5-10(16)9(15)4-8(12)14(20)17-11(6-13(18)19)7-2-3-7/h4-5,7,11H,2-3,6H2,1H3,(H,17,20)(H,18,19). The van der Waals surface area contributed by atoms with Crippen LogP contribution in [0.4, 0.5) is 0 Å². The Labute approximate surface area is 141 Å². The van der Waals surface area contributed by atoms with Crippen LogP contribution in [0, 0.1) is 9.49 Å². The van der Waals surface area contributed by atoms with Gasteiger partial charge in [0.1, 0.15) is 5.75 Å². The van der Waals surface area contributed by atoms with Gasteiger partial charge in [-0.15, -0.1) is 0 Å². The maximum absolute atomic E-state index is 12.4. The second-order valence-corrected chi connectivity index (χ2v) is 6.55. The maximum Gasteiger partial charge on any atom is 0.305 e. The van der Waals surface area contributed by atoms with Gasteiger partial charge in [-0.05, 0) is 53.5 Å². The number of nitrogens with one attached hydrogen (secondary N) is 1. The number of aliphatic carboxylic acids is 1. The summed E-state index contributed by atoms with van der Waals surface area (Å²) in [6, 6.07) is 2.88. The number of carbonyl (C=O) groups is 2. The van der Waals surface area contributed by atoms with Gasteiger partial charge in [0, 0.05) is 9.61 Å². The largest absolute Gasteiger partial charge is 0.496 e. The van der Waals surface area contributed by atoms with Gasteiger partial charge in [0.05, 0.1) is 24.1 Å². The maximum atomic E-state index is 12.4. The number of benzene rings is 1. The predicted octanol–water partition coefficient (Wildman–Crippen LogP) is 2.94. The van der Waals surface area contributed by atoms with Crippen molar-refractivity contribution >= 4 is 46.1 Å². The lowest BCUT2D eigenvalue weighted by atomic mass is 10.1. The van der Waals surface area contributed by atoms with Gasteiger partial charge in [-0.25, -0.2) is 0 Å². The van der Waals surface area contributed by atoms with Crippen molar-refractivity contribution in [2.45, 2.75) is 25.3 Å². The third-order valence-corrected chi connectivity index (χ3v) is 4.91. The van der Waals surface area contributed by atoms with Crippen molar-refractivity contribution in [3.05, 3.63) is 26.3 Å². The topological polar surface area (TPSA) is 75.6 Å². The van der Waals surface area contributed by atoms with Crippen LogP contribution in [0.25, 0.3) is 0 Å². The second kappa shape index (κ2) is 6.83. The fraction of sp³-hybridized carbons (Fsp3) is 0.429. The van der Waals surface area contributed by atoms with Crippen molar-refractivity contribution in [2.24, 2.45) is 5.92 Å². The highest BCUT2D eigenvalue weighted by molar-refractivity contribution is 14.1. The minimum absolute atomic E-state index is 0.0726. The molecule has 0 aromatic heterocycles. The Balaban J connectivity index is 2.18. The number of halogens is 2. The molecular formula is C14H15ClINO4. The zero-order valence-electron chi connectivity index (χ0n) is 11.4. The Bertz CT molecular complexity index is 574. The summed E-state index contributed by atoms with van der Waals surface area (Å²) in [5.41, 5.74) is 0.318. The molecule has 2 rings (SSSR count). The zero-order valence-corrected chi connectivity index (χ0v) is 14.3. The number of carboxylic acid groups (broad SMARTS) is 1. The van der Waals surface area contributed by atoms with Gasteiger partial charge in [-0.2, -0.15) is 0 Å². The molecule has 0 spiro atoms. The van der Waals surface area contributed by atoms with Gasteiger partial charge in [-0.1, -0.05) is 11.6 Å². The van der Waals surface area contributed by atoms with Crippen molar-refractivity contribution in [3.8, 4) is 5.75 Å². The number of hydrogen-bond donors (Lipinski definition) is 2. The third-order valence-electron chi connectivity index (χ3n) is 3.39. The summed E-state index contributed by atoms with van der Waals surface area (Å²) in [6.45, 7) is 0. The highest BCUT2D eigenvalue weighted by atomic mass is 127. The molecule has 1 aliphatic carbocycles. The van der Waals surface area contributed by atoms with E-state index in [-0.39, 0.29) is 24.3 Å². The lowest BCUT2D eigenvalue weighted by Gasteiger charge is -2.17. The molecule has 1 amide bonds. The van der Waals surface area contributed by atoms with Gasteiger partial charge in [0.25, 0.3) is 5.91 Å². The minimum Gasteiger partial charge on any atom is -0.496 e. The first-order chi connectivity index (χ1) is 9.92. The number of carbonyl (C=O) groups excluding carboxylic acids is 1. The van der Waals surface area contributed by atoms with Crippen LogP contribution < -0.4 is 10.1 Å². The molecule has 5 nitrogen and oxygen atoms in total. The van der Waals surface area contributed by atoms with Crippen LogP contribution in [-0.2, 0) is 4.79 Å². The van der Waals surface area contributed by atoms with E-state index in [2.05, 4.69) is 27.9 Å². The lowest BCUT2D eigenvalue weighted by molar-refractivity contribution is -0.137. The van der Waals surface area contributed by atoms with E-state index in [0.29, 0.717) is 16.3 Å². The van der Waals surface area contributed by atoms with Gasteiger partial charge in [-0.3, -0.25) is 9.59 Å². The normalized spacial score (nSPS) is 15.4. The Morgan fingerprint density at radius 2 is 2.19 bits per heavy atom. The molecule has 7 heteroatoms. The smallest absolute Gasteiger partial charge is 0.305 e. The number of ether oxygens (including phenoxy) is 1. The van der Waals surface area contributed by atoms with Crippen LogP contribution in [0.5, 0.6) is 5.75 Å². The Morgan fingerprint density at radius 1 is 1.52 bits per heavy atom. The molecule has 0 saturated heterocycles. The molecule has 114 valence electrons. The molecule has 1 aromatic rings. The molecule has 2 N–H and O–H groups in total. The minimum atomic E-state index is -0.917. The van der Waals surface area contributed by atoms with Crippen molar-refractivity contribution in [2.75, 3.05) is 7.11 Å². The van der Waals surface area contributed by atoms with Crippen LogP contribution in [0.1, 0.15) is 29.6 Å². The van der Waals surface area contributed by atoms with E-state index in [1.807, 2.05) is 0 Å². The highest BCUT2D eigenvalue weighted by Crippen LogP contribution is 2.35. The molecule has 1 atom stereocenters. The summed E-state index contributed by atoms with van der Waals surface area (Å²) in [6.07, 6.45) is 1.82. The average molecular weight is 424 g/mol. The summed E-state index contributed by atoms with van der Waals surface area (Å²) in [5, 5.41) is 12.2. The summed E-state index contributed by atoms with van der Waals surface area (Å²) >= 11 is 8.10. The van der Waals surface area contributed by atoms with Gasteiger partial charge < -0.3 is 15.2 Å². The van der Waals surface area contributed by atoms with E-state index in [1.165, 1.54) is 7.11 Å². The number of amides is 1. The summed E-state index contributed by atoms with van der Waals surface area (Å²) in [4.78, 5) is 23.3. The van der Waals surface area contributed by atoms with E-state index in [9.17, 15) is 9.59 Å². The fourth-order valence-corrected chi connectivity index (χ4v) is 2.75. The number of hydrogen-bond acceptors (Lipinski definition) is 3. The molecule has 0 heterocycles. The van der Waals surface area contributed by atoms with E-state index in [0.717, 1.165) is 16.4 Å². The third kappa shape index (κ3) is 4.23. The Hall–Kier alpha value is -1.02. The first kappa shape index (κ1) is 16.4. The summed E-state index contributed by atoms with van der Waals surface area (Å²) < 4.78 is 5.98. The van der Waals surface area contributed by atoms with Crippen LogP contribution in [0.2, 0.25) is 5.02 Å². The van der Waals surface area contributed by atoms with Crippen molar-refractivity contribution < 1.29 is 19.4 Å². The zero-order chi connectivity index (χ0) is 15.6. The Kier molecular flexibility index (Phi) is 5.32. The summed E-state index contributed by atoms with van der Waals surface area (Å²) in [7, 11) is 1.48. The van der Waals surface area contributed by atoms with Gasteiger partial charge >= 0.3 is 5.97 Å². The van der Waals surface area contributed by atoms with E-state index >= 15 is 0 Å². The molecule has 0 radical (unpaired) electrons. The first-order valence-corrected chi connectivity index (χ1v) is 7.93. The molecular weight excluding hydrogens is 409 g/mol. The monoisotopic (exact) mass is 423 g/mol. The molecule has 21 heavy (non-hydrogen) atoms. The molecule has 1 fully saturated rings. The molecule has 1 unspecified atom stereocenters. The molecule has 0 aliphatic heterocycles. The first-order valence-electron chi connectivity index (χ1n) is 6.48. The SMILES string of the molecule is COc1cc(I)c(Cl)cc1C(=O)NC(CC(=O)O)C1CC1. The second-order valence-electron chi connectivity index (χ2n) is 4.98. The summed E-state index contributed by atoms with van der Waals surface area (Å²) in [5.74, 6) is -0.607. The van der Waals surface area contributed by atoms with Crippen LogP contribution in [0.15, 0.2) is 12.1 Å². The quantitative estimate of drug-likeness (QED) is 0.690. The molecule has 1 aliphatic rings. The van der Waals surface area contributed by atoms with Crippen LogP contribution in [0.3, 0.4) is 0 Å². The molecule has 0 bridgehead atoms. The number of rotatable bonds is 6. The van der Waals surface area contributed by atoms with Crippen molar-refractivity contribution in [1.82, 2.24) is 5.32 Å². The van der Waals surface area contributed by atoms with Gasteiger partial charge in [0.15, 0.2) is 0 Å². The predicted molar refractivity (Wildman–Crippen MR) is 87.0 cm³/mol. The van der Waals surface area contributed by atoms with Crippen molar-refractivity contribution in [3.63, 3.8) is 0 Å². The number of methoxy groups -OCH3 is 1. The fourth-order valence-electron chi connectivity index (χ4n) is 2.14. The molecule has 1 saturated carbocycles. The van der Waals surface area contributed by atoms with Crippen molar-refractivity contribution in [1.29, 1.82) is 0 Å². The van der Waals surface area contributed by atoms with Crippen LogP contribution in [-0.4, -0.2) is 30.1 Å². The number of carboxylic acids is 1. The van der Waals surface area contributed by atoms with E-state index in [1.54, 1.807) is 12.1 Å². The van der Waals surface area contributed by atoms with Crippen LogP contribution >= 0.6 is 34.2 Å². The molecule has 1 aromatic carbocycles.